The molecule has 1 aliphatic heterocycles. The molecule has 168 valence electrons. The van der Waals surface area contributed by atoms with Gasteiger partial charge in [0.25, 0.3) is 0 Å². The minimum absolute atomic E-state index is 0.191. The number of piperidine rings is 1. The molecular weight excluding hydrogens is 402 g/mol. The lowest BCUT2D eigenvalue weighted by atomic mass is 9.80. The van der Waals surface area contributed by atoms with Gasteiger partial charge in [0.15, 0.2) is 0 Å². The predicted molar refractivity (Wildman–Crippen MR) is 120 cm³/mol. The number of carbonyl (C=O) groups excluding carboxylic acids is 2. The topological polar surface area (TPSA) is 55.8 Å². The van der Waals surface area contributed by atoms with E-state index in [1.54, 1.807) is 11.0 Å². The van der Waals surface area contributed by atoms with Gasteiger partial charge in [0.05, 0.1) is 10.4 Å². The highest BCUT2D eigenvalue weighted by Gasteiger charge is 2.33. The van der Waals surface area contributed by atoms with Crippen molar-refractivity contribution in [3.8, 4) is 5.75 Å². The summed E-state index contributed by atoms with van der Waals surface area (Å²) in [6, 6.07) is 7.29. The number of para-hydroxylation sites is 1. The SMILES string of the molecule is C[C@H]1CN(C(=O)OC(C)(C)C)CC[C@@H]1CCC(=O)C(C)(C)COc1ccccc1Cl. The standard InChI is InChI=1S/C24H36ClNO4/c1-17-15-26(22(28)30-23(2,3)4)14-13-18(17)11-12-21(27)24(5,6)16-29-20-10-8-7-9-19(20)25/h7-10,17-18H,11-16H2,1-6H3/t17-,18-/m0/s1. The Labute approximate surface area is 186 Å². The van der Waals surface area contributed by atoms with Crippen molar-refractivity contribution in [3.63, 3.8) is 0 Å². The number of ether oxygens (including phenoxy) is 2. The van der Waals surface area contributed by atoms with Crippen LogP contribution in [0.25, 0.3) is 0 Å². The third-order valence-electron chi connectivity index (χ3n) is 5.66. The molecule has 1 saturated heterocycles. The molecule has 0 bridgehead atoms. The van der Waals surface area contributed by atoms with Gasteiger partial charge in [-0.3, -0.25) is 4.79 Å². The Bertz CT molecular complexity index is 741. The molecular formula is C24H36ClNO4. The second-order valence-electron chi connectivity index (χ2n) is 10.0. The summed E-state index contributed by atoms with van der Waals surface area (Å²) in [5.41, 5.74) is -1.07. The highest BCUT2D eigenvalue weighted by Crippen LogP contribution is 2.31. The molecule has 1 aromatic rings. The van der Waals surface area contributed by atoms with Crippen molar-refractivity contribution in [2.75, 3.05) is 19.7 Å². The number of nitrogens with zero attached hydrogens (tertiary/aromatic N) is 1. The van der Waals surface area contributed by atoms with Crippen LogP contribution in [-0.4, -0.2) is 42.1 Å². The van der Waals surface area contributed by atoms with E-state index in [0.717, 1.165) is 12.8 Å². The fraction of sp³-hybridized carbons (Fsp3) is 0.667. The molecule has 1 heterocycles. The maximum atomic E-state index is 12.9. The number of hydrogen-bond acceptors (Lipinski definition) is 4. The minimum atomic E-state index is -0.584. The molecule has 2 atom stereocenters. The van der Waals surface area contributed by atoms with Gasteiger partial charge >= 0.3 is 6.09 Å². The first kappa shape index (κ1) is 24.5. The molecule has 1 amide bonds. The zero-order chi connectivity index (χ0) is 22.5. The maximum Gasteiger partial charge on any atom is 0.410 e. The number of halogens is 1. The summed E-state index contributed by atoms with van der Waals surface area (Å²) < 4.78 is 11.3. The summed E-state index contributed by atoms with van der Waals surface area (Å²) in [5, 5.41) is 0.548. The lowest BCUT2D eigenvalue weighted by Gasteiger charge is -2.38. The number of likely N-dealkylation sites (tertiary alicyclic amines) is 1. The quantitative estimate of drug-likeness (QED) is 0.525. The number of ketones is 1. The summed E-state index contributed by atoms with van der Waals surface area (Å²) in [4.78, 5) is 26.9. The smallest absolute Gasteiger partial charge is 0.410 e. The van der Waals surface area contributed by atoms with E-state index in [-0.39, 0.29) is 11.9 Å². The molecule has 2 rings (SSSR count). The lowest BCUT2D eigenvalue weighted by molar-refractivity contribution is -0.129. The first-order valence-electron chi connectivity index (χ1n) is 10.8. The Kier molecular flexibility index (Phi) is 8.20. The van der Waals surface area contributed by atoms with E-state index < -0.39 is 11.0 Å². The average Bonchev–Trinajstić information content (AvgIpc) is 2.64. The Morgan fingerprint density at radius 1 is 1.17 bits per heavy atom. The van der Waals surface area contributed by atoms with E-state index in [1.807, 2.05) is 52.8 Å². The van der Waals surface area contributed by atoms with Gasteiger partial charge in [-0.05, 0) is 71.4 Å². The molecule has 1 aromatic carbocycles. The highest BCUT2D eigenvalue weighted by molar-refractivity contribution is 6.32. The Morgan fingerprint density at radius 3 is 2.43 bits per heavy atom. The highest BCUT2D eigenvalue weighted by atomic mass is 35.5. The number of rotatable bonds is 7. The van der Waals surface area contributed by atoms with Crippen LogP contribution in [0.5, 0.6) is 5.75 Å². The molecule has 0 aliphatic carbocycles. The molecule has 6 heteroatoms. The second kappa shape index (κ2) is 10.0. The number of hydrogen-bond donors (Lipinski definition) is 0. The molecule has 0 radical (unpaired) electrons. The van der Waals surface area contributed by atoms with Crippen LogP contribution in [0.4, 0.5) is 4.79 Å². The third kappa shape index (κ3) is 7.19. The maximum absolute atomic E-state index is 12.9. The third-order valence-corrected chi connectivity index (χ3v) is 5.97. The van der Waals surface area contributed by atoms with Crippen LogP contribution in [0.3, 0.4) is 0 Å². The summed E-state index contributed by atoms with van der Waals surface area (Å²) in [6.07, 6.45) is 1.99. The van der Waals surface area contributed by atoms with Crippen LogP contribution in [0, 0.1) is 17.3 Å². The van der Waals surface area contributed by atoms with Crippen molar-refractivity contribution in [1.82, 2.24) is 4.90 Å². The first-order valence-corrected chi connectivity index (χ1v) is 11.2. The largest absolute Gasteiger partial charge is 0.491 e. The monoisotopic (exact) mass is 437 g/mol. The molecule has 0 N–H and O–H groups in total. The van der Waals surface area contributed by atoms with E-state index in [2.05, 4.69) is 6.92 Å². The Morgan fingerprint density at radius 2 is 1.83 bits per heavy atom. The van der Waals surface area contributed by atoms with Crippen molar-refractivity contribution in [1.29, 1.82) is 0 Å². The van der Waals surface area contributed by atoms with Crippen molar-refractivity contribution < 1.29 is 19.1 Å². The van der Waals surface area contributed by atoms with E-state index >= 15 is 0 Å². The summed E-state index contributed by atoms with van der Waals surface area (Å²) in [7, 11) is 0. The Balaban J connectivity index is 1.81. The normalized spacial score (nSPS) is 20.0. The van der Waals surface area contributed by atoms with E-state index in [4.69, 9.17) is 21.1 Å². The molecule has 0 saturated carbocycles. The predicted octanol–water partition coefficient (Wildman–Crippen LogP) is 5.99. The number of carbonyl (C=O) groups is 2. The van der Waals surface area contributed by atoms with Crippen LogP contribution in [0.1, 0.15) is 60.8 Å². The van der Waals surface area contributed by atoms with Crippen LogP contribution in [0.2, 0.25) is 5.02 Å². The molecule has 5 nitrogen and oxygen atoms in total. The van der Waals surface area contributed by atoms with E-state index in [0.29, 0.717) is 48.7 Å². The summed E-state index contributed by atoms with van der Waals surface area (Å²) in [6.45, 7) is 13.3. The number of Topliss-reactive ketones (excluding diaryl/α,β-unsaturated/α-hetero) is 1. The zero-order valence-corrected chi connectivity index (χ0v) is 19.9. The van der Waals surface area contributed by atoms with Gasteiger partial charge < -0.3 is 14.4 Å². The molecule has 1 fully saturated rings. The fourth-order valence-corrected chi connectivity index (χ4v) is 3.86. The summed E-state index contributed by atoms with van der Waals surface area (Å²) >= 11 is 6.13. The average molecular weight is 438 g/mol. The van der Waals surface area contributed by atoms with Gasteiger partial charge in [-0.1, -0.05) is 30.7 Å². The van der Waals surface area contributed by atoms with Crippen molar-refractivity contribution in [2.24, 2.45) is 17.3 Å². The Hall–Kier alpha value is -1.75. The van der Waals surface area contributed by atoms with Gasteiger partial charge in [0.2, 0.25) is 0 Å². The minimum Gasteiger partial charge on any atom is -0.491 e. The molecule has 0 aromatic heterocycles. The van der Waals surface area contributed by atoms with Crippen LogP contribution in [-0.2, 0) is 9.53 Å². The van der Waals surface area contributed by atoms with E-state index in [9.17, 15) is 9.59 Å². The summed E-state index contributed by atoms with van der Waals surface area (Å²) in [5.74, 6) is 1.55. The zero-order valence-electron chi connectivity index (χ0n) is 19.2. The van der Waals surface area contributed by atoms with Crippen molar-refractivity contribution in [3.05, 3.63) is 29.3 Å². The molecule has 1 aliphatic rings. The number of benzene rings is 1. The molecule has 0 spiro atoms. The fourth-order valence-electron chi connectivity index (χ4n) is 3.67. The molecule has 0 unspecified atom stereocenters. The van der Waals surface area contributed by atoms with Gasteiger partial charge in [-0.15, -0.1) is 0 Å². The van der Waals surface area contributed by atoms with Crippen LogP contribution in [0.15, 0.2) is 24.3 Å². The van der Waals surface area contributed by atoms with Gasteiger partial charge in [-0.25, -0.2) is 4.79 Å². The van der Waals surface area contributed by atoms with Crippen LogP contribution < -0.4 is 4.74 Å². The molecule has 30 heavy (non-hydrogen) atoms. The lowest BCUT2D eigenvalue weighted by Crippen LogP contribution is -2.45. The van der Waals surface area contributed by atoms with Gasteiger partial charge in [0, 0.05) is 19.5 Å². The van der Waals surface area contributed by atoms with Crippen LogP contribution >= 0.6 is 11.6 Å². The van der Waals surface area contributed by atoms with Crippen molar-refractivity contribution in [2.45, 2.75) is 66.4 Å². The van der Waals surface area contributed by atoms with Gasteiger partial charge in [-0.2, -0.15) is 0 Å². The number of amides is 1. The van der Waals surface area contributed by atoms with Gasteiger partial charge in [0.1, 0.15) is 23.7 Å². The van der Waals surface area contributed by atoms with Crippen molar-refractivity contribution >= 4 is 23.5 Å². The second-order valence-corrected chi connectivity index (χ2v) is 10.4. The first-order chi connectivity index (χ1) is 13.9. The van der Waals surface area contributed by atoms with E-state index in [1.165, 1.54) is 0 Å².